The van der Waals surface area contributed by atoms with E-state index in [1.54, 1.807) is 67.5 Å². The van der Waals surface area contributed by atoms with E-state index in [0.29, 0.717) is 33.8 Å². The molecule has 0 spiro atoms. The highest BCUT2D eigenvalue weighted by atomic mass is 16.6. The Morgan fingerprint density at radius 1 is 1.11 bits per heavy atom. The first-order valence-corrected chi connectivity index (χ1v) is 11.5. The number of methoxy groups -OCH3 is 1. The van der Waals surface area contributed by atoms with Crippen LogP contribution >= 0.6 is 0 Å². The van der Waals surface area contributed by atoms with Crippen molar-refractivity contribution >= 4 is 23.3 Å². The Labute approximate surface area is 211 Å². The molecule has 186 valence electrons. The molecule has 1 atom stereocenters. The summed E-state index contributed by atoms with van der Waals surface area (Å²) < 4.78 is 10.3. The van der Waals surface area contributed by atoms with Crippen LogP contribution in [0, 0.1) is 10.1 Å². The highest BCUT2D eigenvalue weighted by molar-refractivity contribution is 6.12. The van der Waals surface area contributed by atoms with Crippen LogP contribution in [-0.4, -0.2) is 40.7 Å². The van der Waals surface area contributed by atoms with E-state index in [1.165, 1.54) is 12.1 Å². The average molecular weight is 498 g/mol. The van der Waals surface area contributed by atoms with Crippen molar-refractivity contribution in [2.24, 2.45) is 0 Å². The summed E-state index contributed by atoms with van der Waals surface area (Å²) in [4.78, 5) is 38.4. The standard InChI is InChI=1S/C27H22N4O6/c1-3-37-27(33)17-7-11-19(12-8-17)30-25(18-5-4-6-20(15-18)31(34)35)22-23(28-29-24(22)26(30)32)16-9-13-21(36-2)14-10-16/h4-15,25H,3H2,1-2H3,(H,28,29)/t25-/m0/s1. The number of amides is 1. The molecular formula is C27H22N4O6. The third-order valence-corrected chi connectivity index (χ3v) is 6.19. The van der Waals surface area contributed by atoms with Gasteiger partial charge in [0.05, 0.1) is 35.9 Å². The number of nitrogens with zero attached hydrogens (tertiary/aromatic N) is 3. The van der Waals surface area contributed by atoms with Crippen LogP contribution in [0.4, 0.5) is 11.4 Å². The molecule has 0 unspecified atom stereocenters. The van der Waals surface area contributed by atoms with Crippen molar-refractivity contribution in [1.29, 1.82) is 0 Å². The lowest BCUT2D eigenvalue weighted by molar-refractivity contribution is -0.384. The molecule has 1 amide bonds. The summed E-state index contributed by atoms with van der Waals surface area (Å²) in [5, 5.41) is 18.8. The minimum atomic E-state index is -0.702. The SMILES string of the molecule is CCOC(=O)c1ccc(N2C(=O)c3[nH]nc(-c4ccc(OC)cc4)c3[C@@H]2c2cccc([N+](=O)[O-])c2)cc1. The van der Waals surface area contributed by atoms with Crippen molar-refractivity contribution < 1.29 is 24.0 Å². The Hall–Kier alpha value is -4.99. The van der Waals surface area contributed by atoms with Crippen LogP contribution < -0.4 is 9.64 Å². The van der Waals surface area contributed by atoms with Crippen LogP contribution in [-0.2, 0) is 4.74 Å². The van der Waals surface area contributed by atoms with Crippen molar-refractivity contribution in [2.45, 2.75) is 13.0 Å². The van der Waals surface area contributed by atoms with Gasteiger partial charge in [0, 0.05) is 28.9 Å². The number of rotatable bonds is 7. The lowest BCUT2D eigenvalue weighted by Crippen LogP contribution is -2.29. The number of H-pyrrole nitrogens is 1. The zero-order valence-corrected chi connectivity index (χ0v) is 20.0. The summed E-state index contributed by atoms with van der Waals surface area (Å²) in [6.07, 6.45) is 0. The molecule has 10 nitrogen and oxygen atoms in total. The fourth-order valence-corrected chi connectivity index (χ4v) is 4.48. The molecule has 0 aliphatic carbocycles. The number of hydrogen-bond donors (Lipinski definition) is 1. The number of hydrogen-bond acceptors (Lipinski definition) is 7. The summed E-state index contributed by atoms with van der Waals surface area (Å²) in [7, 11) is 1.57. The average Bonchev–Trinajstić information content (AvgIpc) is 3.48. The molecule has 3 aromatic carbocycles. The summed E-state index contributed by atoms with van der Waals surface area (Å²) >= 11 is 0. The highest BCUT2D eigenvalue weighted by Crippen LogP contribution is 2.45. The number of esters is 1. The number of fused-ring (bicyclic) bond motifs is 1. The maximum absolute atomic E-state index is 13.7. The van der Waals surface area contributed by atoms with Gasteiger partial charge in [0.2, 0.25) is 0 Å². The van der Waals surface area contributed by atoms with Gasteiger partial charge in [0.25, 0.3) is 11.6 Å². The maximum atomic E-state index is 13.7. The van der Waals surface area contributed by atoms with Crippen LogP contribution in [0.2, 0.25) is 0 Å². The minimum absolute atomic E-state index is 0.0921. The summed E-state index contributed by atoms with van der Waals surface area (Å²) in [6.45, 7) is 1.97. The molecule has 5 rings (SSSR count). The fraction of sp³-hybridized carbons (Fsp3) is 0.148. The number of nitro groups is 1. The van der Waals surface area contributed by atoms with E-state index >= 15 is 0 Å². The molecule has 10 heteroatoms. The molecule has 4 aromatic rings. The van der Waals surface area contributed by atoms with Crippen LogP contribution in [0.1, 0.15) is 44.9 Å². The number of carbonyl (C=O) groups is 2. The van der Waals surface area contributed by atoms with Gasteiger partial charge in [-0.15, -0.1) is 0 Å². The monoisotopic (exact) mass is 498 g/mol. The van der Waals surface area contributed by atoms with E-state index in [4.69, 9.17) is 9.47 Å². The molecule has 1 aromatic heterocycles. The van der Waals surface area contributed by atoms with Crippen LogP contribution in [0.25, 0.3) is 11.3 Å². The molecule has 1 aliphatic rings. The Kier molecular flexibility index (Phi) is 6.14. The van der Waals surface area contributed by atoms with Gasteiger partial charge in [-0.2, -0.15) is 5.10 Å². The first-order chi connectivity index (χ1) is 17.9. The topological polar surface area (TPSA) is 128 Å². The van der Waals surface area contributed by atoms with Gasteiger partial charge in [-0.25, -0.2) is 4.79 Å². The van der Waals surface area contributed by atoms with Crippen molar-refractivity contribution in [2.75, 3.05) is 18.6 Å². The quantitative estimate of drug-likeness (QED) is 0.218. The van der Waals surface area contributed by atoms with Crippen molar-refractivity contribution in [3.05, 3.63) is 105 Å². The number of nitrogens with one attached hydrogen (secondary N) is 1. The second-order valence-corrected chi connectivity index (χ2v) is 8.29. The second-order valence-electron chi connectivity index (χ2n) is 8.29. The zero-order valence-electron chi connectivity index (χ0n) is 20.0. The number of carbonyl (C=O) groups excluding carboxylic acids is 2. The Morgan fingerprint density at radius 3 is 2.49 bits per heavy atom. The van der Waals surface area contributed by atoms with Crippen molar-refractivity contribution in [3.63, 3.8) is 0 Å². The van der Waals surface area contributed by atoms with E-state index in [2.05, 4.69) is 10.2 Å². The van der Waals surface area contributed by atoms with E-state index in [9.17, 15) is 19.7 Å². The van der Waals surface area contributed by atoms with Gasteiger partial charge in [-0.05, 0) is 61.0 Å². The summed E-state index contributed by atoms with van der Waals surface area (Å²) in [5.74, 6) is -0.138. The molecule has 37 heavy (non-hydrogen) atoms. The van der Waals surface area contributed by atoms with E-state index in [-0.39, 0.29) is 23.9 Å². The Bertz CT molecular complexity index is 1490. The van der Waals surface area contributed by atoms with E-state index < -0.39 is 16.9 Å². The minimum Gasteiger partial charge on any atom is -0.497 e. The highest BCUT2D eigenvalue weighted by Gasteiger charge is 2.43. The molecule has 0 fully saturated rings. The number of anilines is 1. The smallest absolute Gasteiger partial charge is 0.338 e. The van der Waals surface area contributed by atoms with E-state index in [1.807, 2.05) is 12.1 Å². The van der Waals surface area contributed by atoms with Crippen molar-refractivity contribution in [3.8, 4) is 17.0 Å². The first-order valence-electron chi connectivity index (χ1n) is 11.5. The van der Waals surface area contributed by atoms with Gasteiger partial charge < -0.3 is 9.47 Å². The largest absolute Gasteiger partial charge is 0.497 e. The number of benzene rings is 3. The van der Waals surface area contributed by atoms with Crippen LogP contribution in [0.15, 0.2) is 72.8 Å². The predicted octanol–water partition coefficient (Wildman–Crippen LogP) is 4.92. The predicted molar refractivity (Wildman–Crippen MR) is 135 cm³/mol. The van der Waals surface area contributed by atoms with E-state index in [0.717, 1.165) is 5.56 Å². The molecule has 0 saturated carbocycles. The molecule has 1 N–H and O–H groups in total. The molecule has 0 radical (unpaired) electrons. The Balaban J connectivity index is 1.65. The molecular weight excluding hydrogens is 476 g/mol. The third-order valence-electron chi connectivity index (χ3n) is 6.19. The molecule has 0 bridgehead atoms. The number of non-ortho nitro benzene ring substituents is 1. The maximum Gasteiger partial charge on any atom is 0.338 e. The zero-order chi connectivity index (χ0) is 26.1. The lowest BCUT2D eigenvalue weighted by atomic mass is 9.95. The van der Waals surface area contributed by atoms with Gasteiger partial charge in [0.15, 0.2) is 0 Å². The van der Waals surface area contributed by atoms with Gasteiger partial charge in [-0.3, -0.25) is 24.9 Å². The normalized spacial score (nSPS) is 14.4. The fourth-order valence-electron chi connectivity index (χ4n) is 4.48. The Morgan fingerprint density at radius 2 is 1.84 bits per heavy atom. The second kappa shape index (κ2) is 9.57. The molecule has 2 heterocycles. The van der Waals surface area contributed by atoms with Gasteiger partial charge in [-0.1, -0.05) is 12.1 Å². The first kappa shape index (κ1) is 23.7. The third kappa shape index (κ3) is 4.18. The summed E-state index contributed by atoms with van der Waals surface area (Å²) in [6, 6.07) is 19.2. The number of ether oxygens (including phenoxy) is 2. The van der Waals surface area contributed by atoms with Crippen molar-refractivity contribution in [1.82, 2.24) is 10.2 Å². The number of aromatic nitrogens is 2. The van der Waals surface area contributed by atoms with Gasteiger partial charge in [0.1, 0.15) is 11.4 Å². The molecule has 0 saturated heterocycles. The number of nitro benzene ring substituents is 1. The van der Waals surface area contributed by atoms with Crippen LogP contribution in [0.3, 0.4) is 0 Å². The summed E-state index contributed by atoms with van der Waals surface area (Å²) in [5.41, 5.74) is 3.51. The number of aromatic amines is 1. The molecule has 1 aliphatic heterocycles. The van der Waals surface area contributed by atoms with Crippen LogP contribution in [0.5, 0.6) is 5.75 Å². The van der Waals surface area contributed by atoms with Gasteiger partial charge >= 0.3 is 5.97 Å². The lowest BCUT2D eigenvalue weighted by Gasteiger charge is -2.26.